The van der Waals surface area contributed by atoms with Crippen molar-refractivity contribution in [1.29, 1.82) is 0 Å². The zero-order valence-electron chi connectivity index (χ0n) is 18.4. The Balaban J connectivity index is 1.32. The van der Waals surface area contributed by atoms with Crippen molar-refractivity contribution in [3.05, 3.63) is 95.8 Å². The molecule has 4 aromatic rings. The third-order valence-corrected chi connectivity index (χ3v) is 5.95. The number of nitrogens with one attached hydrogen (secondary N) is 2. The number of nitrogens with zero attached hydrogens (tertiary/aromatic N) is 3. The number of para-hydroxylation sites is 2. The van der Waals surface area contributed by atoms with Gasteiger partial charge in [-0.15, -0.1) is 0 Å². The van der Waals surface area contributed by atoms with Crippen LogP contribution in [-0.2, 0) is 24.3 Å². The number of anilines is 1. The predicted octanol–water partition coefficient (Wildman–Crippen LogP) is 3.63. The highest BCUT2D eigenvalue weighted by atomic mass is 19.1. The minimum absolute atomic E-state index is 0.236. The molecule has 34 heavy (non-hydrogen) atoms. The van der Waals surface area contributed by atoms with Crippen molar-refractivity contribution in [3.8, 4) is 0 Å². The molecule has 0 aliphatic carbocycles. The Morgan fingerprint density at radius 1 is 0.912 bits per heavy atom. The fourth-order valence-electron chi connectivity index (χ4n) is 4.18. The lowest BCUT2D eigenvalue weighted by molar-refractivity contribution is -0.123. The van der Waals surface area contributed by atoms with Crippen molar-refractivity contribution >= 4 is 28.9 Å². The zero-order valence-corrected chi connectivity index (χ0v) is 18.4. The number of fused-ring (bicyclic) bond motifs is 3. The second kappa shape index (κ2) is 9.35. The second-order valence-corrected chi connectivity index (χ2v) is 8.24. The molecule has 0 radical (unpaired) electrons. The maximum absolute atomic E-state index is 13.2. The molecule has 7 nitrogen and oxygen atoms in total. The van der Waals surface area contributed by atoms with Crippen LogP contribution in [-0.4, -0.2) is 34.1 Å². The van der Waals surface area contributed by atoms with E-state index in [1.165, 1.54) is 12.1 Å². The molecule has 2 N–H and O–H groups in total. The van der Waals surface area contributed by atoms with Gasteiger partial charge in [0.15, 0.2) is 0 Å². The van der Waals surface area contributed by atoms with E-state index in [0.717, 1.165) is 22.2 Å². The van der Waals surface area contributed by atoms with Gasteiger partial charge >= 0.3 is 6.03 Å². The number of halogens is 1. The van der Waals surface area contributed by atoms with Crippen molar-refractivity contribution in [2.45, 2.75) is 25.6 Å². The van der Waals surface area contributed by atoms with Gasteiger partial charge in [0.25, 0.3) is 0 Å². The molecule has 1 atom stereocenters. The third kappa shape index (κ3) is 4.47. The van der Waals surface area contributed by atoms with Crippen molar-refractivity contribution in [2.24, 2.45) is 0 Å². The summed E-state index contributed by atoms with van der Waals surface area (Å²) in [5, 5.41) is 5.76. The molecule has 3 amide bonds. The summed E-state index contributed by atoms with van der Waals surface area (Å²) in [7, 11) is 0. The van der Waals surface area contributed by atoms with Crippen LogP contribution in [0.2, 0.25) is 0 Å². The first-order valence-electron chi connectivity index (χ1n) is 11.2. The highest BCUT2D eigenvalue weighted by Gasteiger charge is 2.31. The van der Waals surface area contributed by atoms with E-state index in [1.807, 2.05) is 59.2 Å². The molecule has 1 aliphatic heterocycles. The number of amides is 3. The van der Waals surface area contributed by atoms with Crippen molar-refractivity contribution in [2.75, 3.05) is 11.4 Å². The summed E-state index contributed by atoms with van der Waals surface area (Å²) in [6.45, 7) is 1.36. The lowest BCUT2D eigenvalue weighted by Crippen LogP contribution is -2.52. The molecule has 0 saturated heterocycles. The molecule has 3 aromatic carbocycles. The van der Waals surface area contributed by atoms with Crippen LogP contribution in [0.5, 0.6) is 0 Å². The van der Waals surface area contributed by atoms with Gasteiger partial charge in [-0.1, -0.05) is 54.6 Å². The van der Waals surface area contributed by atoms with Gasteiger partial charge in [0.1, 0.15) is 11.9 Å². The number of hydrogen-bond donors (Lipinski definition) is 2. The normalized spacial score (nSPS) is 13.5. The Hall–Kier alpha value is -4.20. The van der Waals surface area contributed by atoms with Crippen LogP contribution in [0.3, 0.4) is 0 Å². The van der Waals surface area contributed by atoms with Crippen LogP contribution in [0, 0.1) is 5.82 Å². The maximum Gasteiger partial charge on any atom is 0.324 e. The topological polar surface area (TPSA) is 79.3 Å². The van der Waals surface area contributed by atoms with E-state index in [0.29, 0.717) is 25.5 Å². The Morgan fingerprint density at radius 3 is 2.44 bits per heavy atom. The molecular weight excluding hydrogens is 433 g/mol. The zero-order chi connectivity index (χ0) is 23.5. The Labute approximate surface area is 196 Å². The number of carbonyl (C=O) groups excluding carboxylic acids is 2. The first-order chi connectivity index (χ1) is 16.6. The average Bonchev–Trinajstić information content (AvgIpc) is 3.43. The van der Waals surface area contributed by atoms with Crippen molar-refractivity contribution in [1.82, 2.24) is 20.2 Å². The lowest BCUT2D eigenvalue weighted by atomic mass is 10.1. The summed E-state index contributed by atoms with van der Waals surface area (Å²) in [4.78, 5) is 32.5. The Kier molecular flexibility index (Phi) is 5.95. The van der Waals surface area contributed by atoms with Crippen molar-refractivity contribution in [3.63, 3.8) is 0 Å². The van der Waals surface area contributed by atoms with Gasteiger partial charge in [-0.25, -0.2) is 14.2 Å². The Morgan fingerprint density at radius 2 is 1.65 bits per heavy atom. The fourth-order valence-corrected chi connectivity index (χ4v) is 4.18. The van der Waals surface area contributed by atoms with Crippen LogP contribution in [0.4, 0.5) is 15.1 Å². The first kappa shape index (κ1) is 21.6. The van der Waals surface area contributed by atoms with Crippen LogP contribution < -0.4 is 15.5 Å². The van der Waals surface area contributed by atoms with E-state index < -0.39 is 6.04 Å². The summed E-state index contributed by atoms with van der Waals surface area (Å²) in [6, 6.07) is 22.1. The van der Waals surface area contributed by atoms with Crippen LogP contribution >= 0.6 is 0 Å². The minimum atomic E-state index is -0.784. The lowest BCUT2D eigenvalue weighted by Gasteiger charge is -2.22. The molecule has 8 heteroatoms. The van der Waals surface area contributed by atoms with E-state index in [9.17, 15) is 14.0 Å². The van der Waals surface area contributed by atoms with E-state index >= 15 is 0 Å². The Bertz CT molecular complexity index is 1320. The number of hydrogen-bond acceptors (Lipinski definition) is 3. The molecule has 0 saturated carbocycles. The molecule has 1 aliphatic rings. The number of rotatable bonds is 6. The first-order valence-corrected chi connectivity index (χ1v) is 11.2. The third-order valence-electron chi connectivity index (χ3n) is 5.95. The van der Waals surface area contributed by atoms with E-state index in [2.05, 4.69) is 15.6 Å². The summed E-state index contributed by atoms with van der Waals surface area (Å²) in [6.07, 6.45) is 0.339. The number of imidazole rings is 1. The molecule has 0 spiro atoms. The standard InChI is InChI=1S/C26H24FN5O2/c27-20-12-10-19(11-13-20)17-28-24(33)22(16-18-6-2-1-3-7-18)30-26(34)32-15-14-31-23-9-5-4-8-21(23)29-25(31)32/h1-13,22H,14-17H2,(H,28,33)(H,30,34)/t22-/m0/s1. The van der Waals surface area contributed by atoms with E-state index in [1.54, 1.807) is 17.0 Å². The number of aromatic nitrogens is 2. The molecule has 5 rings (SSSR count). The van der Waals surface area contributed by atoms with E-state index in [-0.39, 0.29) is 24.3 Å². The largest absolute Gasteiger partial charge is 0.350 e. The van der Waals surface area contributed by atoms with Gasteiger partial charge in [-0.05, 0) is 35.4 Å². The van der Waals surface area contributed by atoms with Crippen LogP contribution in [0.15, 0.2) is 78.9 Å². The van der Waals surface area contributed by atoms with Crippen LogP contribution in [0.1, 0.15) is 11.1 Å². The quantitative estimate of drug-likeness (QED) is 0.464. The smallest absolute Gasteiger partial charge is 0.324 e. The monoisotopic (exact) mass is 457 g/mol. The molecular formula is C26H24FN5O2. The van der Waals surface area contributed by atoms with Crippen molar-refractivity contribution < 1.29 is 14.0 Å². The number of carbonyl (C=O) groups is 2. The minimum Gasteiger partial charge on any atom is -0.350 e. The van der Waals surface area contributed by atoms with E-state index in [4.69, 9.17) is 0 Å². The highest BCUT2D eigenvalue weighted by molar-refractivity contribution is 5.96. The molecule has 1 aromatic heterocycles. The maximum atomic E-state index is 13.2. The van der Waals surface area contributed by atoms with Gasteiger partial charge in [0.2, 0.25) is 11.9 Å². The predicted molar refractivity (Wildman–Crippen MR) is 128 cm³/mol. The van der Waals surface area contributed by atoms with Gasteiger partial charge in [0.05, 0.1) is 11.0 Å². The second-order valence-electron chi connectivity index (χ2n) is 8.24. The van der Waals surface area contributed by atoms with Gasteiger partial charge in [-0.3, -0.25) is 9.69 Å². The van der Waals surface area contributed by atoms with Gasteiger partial charge < -0.3 is 15.2 Å². The van der Waals surface area contributed by atoms with Gasteiger partial charge in [-0.2, -0.15) is 0 Å². The molecule has 172 valence electrons. The molecule has 2 heterocycles. The number of benzene rings is 3. The number of urea groups is 1. The summed E-state index contributed by atoms with van der Waals surface area (Å²) >= 11 is 0. The summed E-state index contributed by atoms with van der Waals surface area (Å²) in [5.41, 5.74) is 3.50. The summed E-state index contributed by atoms with van der Waals surface area (Å²) in [5.74, 6) is -0.0703. The summed E-state index contributed by atoms with van der Waals surface area (Å²) < 4.78 is 15.2. The molecule has 0 unspecified atom stereocenters. The van der Waals surface area contributed by atoms with Gasteiger partial charge in [0, 0.05) is 26.1 Å². The fraction of sp³-hybridized carbons (Fsp3) is 0.192. The van der Waals surface area contributed by atoms with Crippen LogP contribution in [0.25, 0.3) is 11.0 Å². The average molecular weight is 458 g/mol. The SMILES string of the molecule is O=C(NCc1ccc(F)cc1)[C@H](Cc1ccccc1)NC(=O)N1CCn2c1nc1ccccc12. The highest BCUT2D eigenvalue weighted by Crippen LogP contribution is 2.27. The molecule has 0 bridgehead atoms. The molecule has 0 fully saturated rings.